The third-order valence-electron chi connectivity index (χ3n) is 5.12. The average molecular weight is 398 g/mol. The Morgan fingerprint density at radius 2 is 1.41 bits per heavy atom. The summed E-state index contributed by atoms with van der Waals surface area (Å²) in [7, 11) is 3.04. The number of carbonyl (C=O) groups is 2. The molecule has 0 bridgehead atoms. The van der Waals surface area contributed by atoms with E-state index in [2.05, 4.69) is 0 Å². The quantitative estimate of drug-likeness (QED) is 0.784. The number of benzene rings is 2. The monoisotopic (exact) mass is 398 g/mol. The Labute approximate surface area is 168 Å². The molecule has 2 amide bonds. The maximum atomic E-state index is 13.1. The second kappa shape index (κ2) is 7.90. The Balaban J connectivity index is 1.44. The summed E-state index contributed by atoms with van der Waals surface area (Å²) in [6.07, 6.45) is 0. The molecular formula is C21H22N2O6. The highest BCUT2D eigenvalue weighted by atomic mass is 16.7. The van der Waals surface area contributed by atoms with Crippen molar-refractivity contribution in [1.29, 1.82) is 0 Å². The molecular weight excluding hydrogens is 376 g/mol. The van der Waals surface area contributed by atoms with Crippen LogP contribution in [-0.4, -0.2) is 68.8 Å². The molecule has 0 aliphatic carbocycles. The van der Waals surface area contributed by atoms with Crippen molar-refractivity contribution >= 4 is 11.8 Å². The Hall–Kier alpha value is -3.42. The zero-order valence-electron chi connectivity index (χ0n) is 16.3. The number of rotatable bonds is 4. The number of fused-ring (bicyclic) bond motifs is 1. The van der Waals surface area contributed by atoms with Gasteiger partial charge >= 0.3 is 0 Å². The number of ether oxygens (including phenoxy) is 4. The van der Waals surface area contributed by atoms with E-state index in [9.17, 15) is 9.59 Å². The lowest BCUT2D eigenvalue weighted by molar-refractivity contribution is 0.0531. The van der Waals surface area contributed by atoms with Crippen molar-refractivity contribution in [3.63, 3.8) is 0 Å². The molecule has 2 heterocycles. The smallest absolute Gasteiger partial charge is 0.261 e. The third-order valence-corrected chi connectivity index (χ3v) is 5.12. The van der Waals surface area contributed by atoms with E-state index in [1.807, 2.05) is 0 Å². The van der Waals surface area contributed by atoms with Gasteiger partial charge in [0.25, 0.3) is 11.8 Å². The van der Waals surface area contributed by atoms with Crippen LogP contribution in [0.4, 0.5) is 0 Å². The molecule has 4 rings (SSSR count). The molecule has 1 saturated heterocycles. The van der Waals surface area contributed by atoms with E-state index in [4.69, 9.17) is 18.9 Å². The van der Waals surface area contributed by atoms with E-state index >= 15 is 0 Å². The fourth-order valence-electron chi connectivity index (χ4n) is 3.54. The lowest BCUT2D eigenvalue weighted by Crippen LogP contribution is -2.50. The SMILES string of the molecule is COc1cccc(OC)c1C(=O)N1CCN(C(=O)c2ccc3c(c2)OCO3)CC1. The standard InChI is InChI=1S/C21H22N2O6/c1-26-16-4-3-5-17(27-2)19(16)21(25)23-10-8-22(9-11-23)20(24)14-6-7-15-18(12-14)29-13-28-15/h3-7,12H,8-11,13H2,1-2H3. The fourth-order valence-corrected chi connectivity index (χ4v) is 3.54. The molecule has 0 spiro atoms. The molecule has 2 aromatic carbocycles. The van der Waals surface area contributed by atoms with Crippen molar-refractivity contribution in [2.75, 3.05) is 47.2 Å². The van der Waals surface area contributed by atoms with Gasteiger partial charge in [-0.1, -0.05) is 6.07 Å². The summed E-state index contributed by atoms with van der Waals surface area (Å²) in [4.78, 5) is 29.3. The zero-order valence-corrected chi connectivity index (χ0v) is 16.3. The maximum absolute atomic E-state index is 13.1. The topological polar surface area (TPSA) is 77.5 Å². The number of carbonyl (C=O) groups excluding carboxylic acids is 2. The molecule has 2 aliphatic rings. The van der Waals surface area contributed by atoms with Crippen LogP contribution in [0.5, 0.6) is 23.0 Å². The maximum Gasteiger partial charge on any atom is 0.261 e. The van der Waals surface area contributed by atoms with Gasteiger partial charge in [-0.2, -0.15) is 0 Å². The van der Waals surface area contributed by atoms with Gasteiger partial charge in [0.1, 0.15) is 17.1 Å². The molecule has 0 atom stereocenters. The first-order valence-corrected chi connectivity index (χ1v) is 9.31. The number of methoxy groups -OCH3 is 2. The number of nitrogens with zero attached hydrogens (tertiary/aromatic N) is 2. The van der Waals surface area contributed by atoms with E-state index in [1.165, 1.54) is 14.2 Å². The Kier molecular flexibility index (Phi) is 5.16. The van der Waals surface area contributed by atoms with Gasteiger partial charge in [0.05, 0.1) is 14.2 Å². The summed E-state index contributed by atoms with van der Waals surface area (Å²) in [5.74, 6) is 1.89. The van der Waals surface area contributed by atoms with Crippen molar-refractivity contribution in [2.24, 2.45) is 0 Å². The molecule has 0 radical (unpaired) electrons. The van der Waals surface area contributed by atoms with Gasteiger partial charge in [0.15, 0.2) is 11.5 Å². The molecule has 0 aromatic heterocycles. The van der Waals surface area contributed by atoms with E-state index in [0.717, 1.165) is 0 Å². The van der Waals surface area contributed by atoms with Crippen LogP contribution >= 0.6 is 0 Å². The van der Waals surface area contributed by atoms with E-state index < -0.39 is 0 Å². The van der Waals surface area contributed by atoms with Crippen LogP contribution in [-0.2, 0) is 0 Å². The molecule has 2 aromatic rings. The van der Waals surface area contributed by atoms with Crippen LogP contribution in [0.3, 0.4) is 0 Å². The molecule has 0 N–H and O–H groups in total. The summed E-state index contributed by atoms with van der Waals surface area (Å²) in [6.45, 7) is 1.90. The molecule has 8 nitrogen and oxygen atoms in total. The summed E-state index contributed by atoms with van der Waals surface area (Å²) in [5.41, 5.74) is 0.938. The third kappa shape index (κ3) is 3.53. The largest absolute Gasteiger partial charge is 0.496 e. The second-order valence-corrected chi connectivity index (χ2v) is 6.69. The van der Waals surface area contributed by atoms with Crippen LogP contribution in [0, 0.1) is 0 Å². The minimum absolute atomic E-state index is 0.0923. The second-order valence-electron chi connectivity index (χ2n) is 6.69. The molecule has 1 fully saturated rings. The van der Waals surface area contributed by atoms with Crippen LogP contribution in [0.15, 0.2) is 36.4 Å². The fraction of sp³-hybridized carbons (Fsp3) is 0.333. The van der Waals surface area contributed by atoms with Gasteiger partial charge in [0, 0.05) is 31.7 Å². The number of piperazine rings is 1. The Morgan fingerprint density at radius 3 is 2.03 bits per heavy atom. The lowest BCUT2D eigenvalue weighted by Gasteiger charge is -2.35. The van der Waals surface area contributed by atoms with Crippen LogP contribution in [0.2, 0.25) is 0 Å². The van der Waals surface area contributed by atoms with E-state index in [1.54, 1.807) is 46.2 Å². The Bertz CT molecular complexity index is 915. The molecule has 29 heavy (non-hydrogen) atoms. The molecule has 152 valence electrons. The van der Waals surface area contributed by atoms with Gasteiger partial charge in [0.2, 0.25) is 6.79 Å². The van der Waals surface area contributed by atoms with Crippen molar-refractivity contribution in [2.45, 2.75) is 0 Å². The molecule has 0 saturated carbocycles. The minimum Gasteiger partial charge on any atom is -0.496 e. The molecule has 8 heteroatoms. The van der Waals surface area contributed by atoms with E-state index in [-0.39, 0.29) is 18.6 Å². The first-order chi connectivity index (χ1) is 14.1. The molecule has 0 unspecified atom stereocenters. The van der Waals surface area contributed by atoms with Crippen molar-refractivity contribution in [3.8, 4) is 23.0 Å². The summed E-state index contributed by atoms with van der Waals surface area (Å²) < 4.78 is 21.3. The van der Waals surface area contributed by atoms with Crippen molar-refractivity contribution in [3.05, 3.63) is 47.5 Å². The zero-order chi connectivity index (χ0) is 20.4. The van der Waals surface area contributed by atoms with Gasteiger partial charge in [-0.25, -0.2) is 0 Å². The highest BCUT2D eigenvalue weighted by molar-refractivity contribution is 6.00. The van der Waals surface area contributed by atoms with Gasteiger partial charge < -0.3 is 28.7 Å². The average Bonchev–Trinajstić information content (AvgIpc) is 3.25. The first-order valence-electron chi connectivity index (χ1n) is 9.31. The van der Waals surface area contributed by atoms with Gasteiger partial charge in [-0.3, -0.25) is 9.59 Å². The minimum atomic E-state index is -0.172. The highest BCUT2D eigenvalue weighted by Gasteiger charge is 2.29. The predicted molar refractivity (Wildman–Crippen MR) is 104 cm³/mol. The van der Waals surface area contributed by atoms with Crippen molar-refractivity contribution in [1.82, 2.24) is 9.80 Å². The lowest BCUT2D eigenvalue weighted by atomic mass is 10.1. The van der Waals surface area contributed by atoms with Crippen LogP contribution < -0.4 is 18.9 Å². The summed E-state index contributed by atoms with van der Waals surface area (Å²) in [6, 6.07) is 10.4. The predicted octanol–water partition coefficient (Wildman–Crippen LogP) is 2.03. The summed E-state index contributed by atoms with van der Waals surface area (Å²) in [5, 5.41) is 0. The number of hydrogen-bond acceptors (Lipinski definition) is 6. The number of hydrogen-bond donors (Lipinski definition) is 0. The Morgan fingerprint density at radius 1 is 0.828 bits per heavy atom. The first kappa shape index (κ1) is 18.9. The van der Waals surface area contributed by atoms with Crippen LogP contribution in [0.1, 0.15) is 20.7 Å². The highest BCUT2D eigenvalue weighted by Crippen LogP contribution is 2.33. The molecule has 2 aliphatic heterocycles. The van der Waals surface area contributed by atoms with Gasteiger partial charge in [-0.05, 0) is 30.3 Å². The van der Waals surface area contributed by atoms with Gasteiger partial charge in [-0.15, -0.1) is 0 Å². The summed E-state index contributed by atoms with van der Waals surface area (Å²) >= 11 is 0. The van der Waals surface area contributed by atoms with Crippen molar-refractivity contribution < 1.29 is 28.5 Å². The van der Waals surface area contributed by atoms with Crippen LogP contribution in [0.25, 0.3) is 0 Å². The normalized spacial score (nSPS) is 15.2. The van der Waals surface area contributed by atoms with E-state index in [0.29, 0.717) is 60.3 Å². The number of amides is 2.